The summed E-state index contributed by atoms with van der Waals surface area (Å²) in [4.78, 5) is 0. The minimum absolute atomic E-state index is 0.177. The number of hydrazone groups is 1. The fraction of sp³-hybridized carbons (Fsp3) is 0.467. The predicted octanol–water partition coefficient (Wildman–Crippen LogP) is 3.19. The average molecular weight is 277 g/mol. The van der Waals surface area contributed by atoms with E-state index in [1.54, 1.807) is 6.21 Å². The second-order valence-corrected chi connectivity index (χ2v) is 6.28. The smallest absolute Gasteiger partial charge is 0.187 e. The number of benzene rings is 1. The molecule has 0 unspecified atom stereocenters. The first-order valence-electron chi connectivity index (χ1n) is 6.49. The van der Waals surface area contributed by atoms with Crippen LogP contribution in [-0.4, -0.2) is 17.4 Å². The average Bonchev–Trinajstić information content (AvgIpc) is 2.27. The van der Waals surface area contributed by atoms with Gasteiger partial charge in [0.1, 0.15) is 0 Å². The molecule has 4 heteroatoms. The van der Waals surface area contributed by atoms with Gasteiger partial charge in [0.25, 0.3) is 0 Å². The van der Waals surface area contributed by atoms with Crippen molar-refractivity contribution < 1.29 is 0 Å². The minimum Gasteiger partial charge on any atom is -0.359 e. The summed E-state index contributed by atoms with van der Waals surface area (Å²) in [6, 6.07) is 8.69. The van der Waals surface area contributed by atoms with E-state index in [2.05, 4.69) is 60.9 Å². The van der Waals surface area contributed by atoms with Gasteiger partial charge in [-0.05, 0) is 42.6 Å². The van der Waals surface area contributed by atoms with E-state index in [1.807, 2.05) is 13.8 Å². The molecule has 0 heterocycles. The van der Waals surface area contributed by atoms with Gasteiger partial charge in [-0.2, -0.15) is 5.10 Å². The first kappa shape index (κ1) is 15.6. The van der Waals surface area contributed by atoms with Crippen molar-refractivity contribution >= 4 is 23.5 Å². The van der Waals surface area contributed by atoms with Gasteiger partial charge < -0.3 is 5.32 Å². The monoisotopic (exact) mass is 277 g/mol. The summed E-state index contributed by atoms with van der Waals surface area (Å²) in [5.74, 6) is 0. The zero-order valence-electron chi connectivity index (χ0n) is 12.3. The van der Waals surface area contributed by atoms with Crippen molar-refractivity contribution in [3.05, 3.63) is 35.4 Å². The largest absolute Gasteiger partial charge is 0.359 e. The van der Waals surface area contributed by atoms with Crippen LogP contribution in [0.3, 0.4) is 0 Å². The highest BCUT2D eigenvalue weighted by Crippen LogP contribution is 2.21. The molecule has 2 N–H and O–H groups in total. The number of nitrogens with zero attached hydrogens (tertiary/aromatic N) is 1. The Morgan fingerprint density at radius 3 is 2.26 bits per heavy atom. The number of hydrogen-bond acceptors (Lipinski definition) is 2. The van der Waals surface area contributed by atoms with Crippen molar-refractivity contribution in [3.8, 4) is 0 Å². The Morgan fingerprint density at radius 2 is 1.79 bits per heavy atom. The fourth-order valence-corrected chi connectivity index (χ4v) is 1.82. The van der Waals surface area contributed by atoms with E-state index in [0.29, 0.717) is 11.2 Å². The van der Waals surface area contributed by atoms with Crippen molar-refractivity contribution in [1.82, 2.24) is 10.7 Å². The lowest BCUT2D eigenvalue weighted by Gasteiger charge is -2.18. The van der Waals surface area contributed by atoms with Crippen LogP contribution < -0.4 is 10.7 Å². The van der Waals surface area contributed by atoms with Crippen LogP contribution in [0.1, 0.15) is 45.7 Å². The summed E-state index contributed by atoms with van der Waals surface area (Å²) < 4.78 is 0. The second-order valence-electron chi connectivity index (χ2n) is 5.87. The van der Waals surface area contributed by atoms with E-state index in [1.165, 1.54) is 5.56 Å². The number of thiocarbonyl (C=S) groups is 1. The summed E-state index contributed by atoms with van der Waals surface area (Å²) in [5.41, 5.74) is 5.34. The molecule has 0 saturated heterocycles. The summed E-state index contributed by atoms with van der Waals surface area (Å²) in [7, 11) is 0. The van der Waals surface area contributed by atoms with Gasteiger partial charge in [-0.1, -0.05) is 45.0 Å². The topological polar surface area (TPSA) is 36.4 Å². The number of rotatable bonds is 3. The van der Waals surface area contributed by atoms with Crippen LogP contribution >= 0.6 is 12.2 Å². The Kier molecular flexibility index (Phi) is 5.48. The molecule has 0 atom stereocenters. The Hall–Kier alpha value is -1.42. The highest BCUT2D eigenvalue weighted by atomic mass is 32.1. The maximum atomic E-state index is 5.08. The lowest BCUT2D eigenvalue weighted by atomic mass is 9.87. The third-order valence-electron chi connectivity index (χ3n) is 2.58. The molecule has 104 valence electrons. The second kappa shape index (κ2) is 6.66. The predicted molar refractivity (Wildman–Crippen MR) is 86.7 cm³/mol. The first-order valence-corrected chi connectivity index (χ1v) is 6.90. The molecular weight excluding hydrogens is 254 g/mol. The van der Waals surface area contributed by atoms with Crippen LogP contribution in [0.4, 0.5) is 0 Å². The fourth-order valence-electron chi connectivity index (χ4n) is 1.53. The van der Waals surface area contributed by atoms with Crippen molar-refractivity contribution in [2.24, 2.45) is 5.10 Å². The van der Waals surface area contributed by atoms with Crippen LogP contribution in [0.15, 0.2) is 29.4 Å². The van der Waals surface area contributed by atoms with Crippen LogP contribution in [0.5, 0.6) is 0 Å². The van der Waals surface area contributed by atoms with Crippen LogP contribution in [0.2, 0.25) is 0 Å². The molecular formula is C15H23N3S. The third kappa shape index (κ3) is 5.83. The maximum absolute atomic E-state index is 5.08. The molecule has 19 heavy (non-hydrogen) atoms. The molecule has 1 rings (SSSR count). The van der Waals surface area contributed by atoms with Crippen molar-refractivity contribution in [2.75, 3.05) is 0 Å². The van der Waals surface area contributed by atoms with Crippen molar-refractivity contribution in [1.29, 1.82) is 0 Å². The Bertz CT molecular complexity index is 441. The first-order chi connectivity index (χ1) is 8.79. The van der Waals surface area contributed by atoms with Gasteiger partial charge in [0.15, 0.2) is 5.11 Å². The molecule has 0 radical (unpaired) electrons. The molecule has 0 saturated carbocycles. The number of nitrogens with one attached hydrogen (secondary N) is 2. The summed E-state index contributed by atoms with van der Waals surface area (Å²) in [6.07, 6.45) is 1.76. The van der Waals surface area contributed by atoms with Crippen molar-refractivity contribution in [3.63, 3.8) is 0 Å². The quantitative estimate of drug-likeness (QED) is 0.506. The third-order valence-corrected chi connectivity index (χ3v) is 2.79. The Balaban J connectivity index is 2.56. The minimum atomic E-state index is 0.177. The van der Waals surface area contributed by atoms with Crippen LogP contribution in [0, 0.1) is 0 Å². The van der Waals surface area contributed by atoms with Crippen LogP contribution in [-0.2, 0) is 5.41 Å². The molecule has 0 amide bonds. The van der Waals surface area contributed by atoms with Gasteiger partial charge in [-0.25, -0.2) is 0 Å². The van der Waals surface area contributed by atoms with E-state index < -0.39 is 0 Å². The number of hydrogen-bond donors (Lipinski definition) is 2. The van der Waals surface area contributed by atoms with Crippen LogP contribution in [0.25, 0.3) is 0 Å². The lowest BCUT2D eigenvalue weighted by molar-refractivity contribution is 0.590. The zero-order valence-corrected chi connectivity index (χ0v) is 13.1. The van der Waals surface area contributed by atoms with E-state index in [9.17, 15) is 0 Å². The molecule has 0 aliphatic rings. The molecule has 3 nitrogen and oxygen atoms in total. The van der Waals surface area contributed by atoms with E-state index in [-0.39, 0.29) is 5.41 Å². The Labute approximate surface area is 121 Å². The van der Waals surface area contributed by atoms with Gasteiger partial charge >= 0.3 is 0 Å². The lowest BCUT2D eigenvalue weighted by Crippen LogP contribution is -2.36. The van der Waals surface area contributed by atoms with Gasteiger partial charge in [0.2, 0.25) is 0 Å². The van der Waals surface area contributed by atoms with Gasteiger partial charge in [0, 0.05) is 6.04 Å². The Morgan fingerprint density at radius 1 is 1.21 bits per heavy atom. The molecule has 0 aliphatic carbocycles. The highest BCUT2D eigenvalue weighted by Gasteiger charge is 2.12. The molecule has 1 aromatic rings. The SMILES string of the molecule is CC(C)NC(=S)N/N=C\c1ccc(C(C)(C)C)cc1. The zero-order chi connectivity index (χ0) is 14.5. The summed E-state index contributed by atoms with van der Waals surface area (Å²) in [5, 5.41) is 7.71. The summed E-state index contributed by atoms with van der Waals surface area (Å²) in [6.45, 7) is 10.7. The van der Waals surface area contributed by atoms with Gasteiger partial charge in [0.05, 0.1) is 6.21 Å². The highest BCUT2D eigenvalue weighted by molar-refractivity contribution is 7.80. The van der Waals surface area contributed by atoms with Gasteiger partial charge in [-0.15, -0.1) is 0 Å². The van der Waals surface area contributed by atoms with E-state index in [4.69, 9.17) is 12.2 Å². The molecule has 0 fully saturated rings. The summed E-state index contributed by atoms with van der Waals surface area (Å²) >= 11 is 5.08. The molecule has 1 aromatic carbocycles. The molecule has 0 aliphatic heterocycles. The normalized spacial score (nSPS) is 11.9. The van der Waals surface area contributed by atoms with E-state index in [0.717, 1.165) is 5.56 Å². The molecule has 0 bridgehead atoms. The molecule has 0 spiro atoms. The molecule has 0 aromatic heterocycles. The maximum Gasteiger partial charge on any atom is 0.187 e. The van der Waals surface area contributed by atoms with Gasteiger partial charge in [-0.3, -0.25) is 5.43 Å². The standard InChI is InChI=1S/C15H23N3S/c1-11(2)17-14(19)18-16-10-12-6-8-13(9-7-12)15(3,4)5/h6-11H,1-5H3,(H2,17,18,19)/b16-10-. The van der Waals surface area contributed by atoms with E-state index >= 15 is 0 Å². The van der Waals surface area contributed by atoms with Crippen molar-refractivity contribution in [2.45, 2.75) is 46.1 Å².